The number of phenolic OH excluding ortho intramolecular Hbond substituents is 1. The number of thiol groups is 1. The van der Waals surface area contributed by atoms with Crippen LogP contribution in [-0.2, 0) is 0 Å². The lowest BCUT2D eigenvalue weighted by atomic mass is 9.68. The molecule has 0 saturated carbocycles. The van der Waals surface area contributed by atoms with E-state index in [4.69, 9.17) is 12.6 Å². The fourth-order valence-electron chi connectivity index (χ4n) is 4.59. The lowest BCUT2D eigenvalue weighted by molar-refractivity contribution is 0.0458. The van der Waals surface area contributed by atoms with E-state index >= 15 is 0 Å². The summed E-state index contributed by atoms with van der Waals surface area (Å²) in [5.41, 5.74) is 1.99. The predicted molar refractivity (Wildman–Crippen MR) is 132 cm³/mol. The van der Waals surface area contributed by atoms with Gasteiger partial charge in [0.15, 0.2) is 0 Å². The molecule has 0 heterocycles. The van der Waals surface area contributed by atoms with Crippen LogP contribution in [-0.4, -0.2) is 29.6 Å². The first-order chi connectivity index (χ1) is 14.2. The van der Waals surface area contributed by atoms with Crippen molar-refractivity contribution in [3.8, 4) is 16.9 Å². The SMILES string of the molecule is CN(C)C(C)(C)C1(C)CC=c2ccc(O)c(-c3c(S)ccc4ccccc34)c2=CC1. The summed E-state index contributed by atoms with van der Waals surface area (Å²) in [5, 5.41) is 15.6. The maximum absolute atomic E-state index is 11.0. The third kappa shape index (κ3) is 3.25. The Kier molecular flexibility index (Phi) is 5.24. The van der Waals surface area contributed by atoms with E-state index in [1.54, 1.807) is 0 Å². The number of benzene rings is 3. The molecule has 3 heteroatoms. The van der Waals surface area contributed by atoms with Crippen molar-refractivity contribution in [3.05, 3.63) is 59.0 Å². The molecule has 0 fully saturated rings. The summed E-state index contributed by atoms with van der Waals surface area (Å²) in [4.78, 5) is 3.20. The van der Waals surface area contributed by atoms with E-state index in [9.17, 15) is 5.11 Å². The van der Waals surface area contributed by atoms with Gasteiger partial charge < -0.3 is 10.0 Å². The van der Waals surface area contributed by atoms with Gasteiger partial charge >= 0.3 is 0 Å². The Morgan fingerprint density at radius 3 is 2.37 bits per heavy atom. The number of hydrogen-bond donors (Lipinski definition) is 2. The van der Waals surface area contributed by atoms with Crippen LogP contribution in [0.2, 0.25) is 0 Å². The smallest absolute Gasteiger partial charge is 0.124 e. The van der Waals surface area contributed by atoms with Crippen LogP contribution in [0.4, 0.5) is 0 Å². The number of fused-ring (bicyclic) bond motifs is 2. The van der Waals surface area contributed by atoms with Gasteiger partial charge in [-0.25, -0.2) is 0 Å². The quantitative estimate of drug-likeness (QED) is 0.572. The molecule has 2 nitrogen and oxygen atoms in total. The summed E-state index contributed by atoms with van der Waals surface area (Å²) in [6, 6.07) is 16.3. The Morgan fingerprint density at radius 2 is 1.63 bits per heavy atom. The molecule has 30 heavy (non-hydrogen) atoms. The first-order valence-corrected chi connectivity index (χ1v) is 11.0. The highest BCUT2D eigenvalue weighted by Crippen LogP contribution is 2.43. The minimum absolute atomic E-state index is 0.0262. The van der Waals surface area contributed by atoms with Gasteiger partial charge in [-0.3, -0.25) is 0 Å². The molecule has 4 rings (SSSR count). The molecular weight excluding hydrogens is 386 g/mol. The van der Waals surface area contributed by atoms with Gasteiger partial charge in [0, 0.05) is 21.6 Å². The second kappa shape index (κ2) is 7.47. The van der Waals surface area contributed by atoms with Crippen LogP contribution in [0.15, 0.2) is 53.4 Å². The molecule has 3 aromatic rings. The van der Waals surface area contributed by atoms with E-state index < -0.39 is 0 Å². The molecular formula is C27H31NOS. The van der Waals surface area contributed by atoms with Crippen molar-refractivity contribution in [2.45, 2.75) is 44.0 Å². The van der Waals surface area contributed by atoms with Gasteiger partial charge in [-0.05, 0) is 79.5 Å². The van der Waals surface area contributed by atoms with Crippen molar-refractivity contribution in [1.29, 1.82) is 0 Å². The van der Waals surface area contributed by atoms with E-state index in [-0.39, 0.29) is 11.0 Å². The lowest BCUT2D eigenvalue weighted by Crippen LogP contribution is -2.51. The van der Waals surface area contributed by atoms with Crippen LogP contribution >= 0.6 is 12.6 Å². The molecule has 1 aliphatic carbocycles. The zero-order chi connectivity index (χ0) is 21.7. The largest absolute Gasteiger partial charge is 0.507 e. The van der Waals surface area contributed by atoms with Crippen LogP contribution in [0, 0.1) is 5.41 Å². The Hall–Kier alpha value is -2.23. The normalized spacial score (nSPS) is 19.2. The van der Waals surface area contributed by atoms with Crippen molar-refractivity contribution in [2.24, 2.45) is 5.41 Å². The molecule has 0 radical (unpaired) electrons. The average molecular weight is 418 g/mol. The van der Waals surface area contributed by atoms with Crippen molar-refractivity contribution >= 4 is 35.6 Å². The molecule has 0 aliphatic heterocycles. The van der Waals surface area contributed by atoms with E-state index in [1.165, 1.54) is 5.22 Å². The topological polar surface area (TPSA) is 23.5 Å². The van der Waals surface area contributed by atoms with Crippen molar-refractivity contribution < 1.29 is 5.11 Å². The van der Waals surface area contributed by atoms with E-state index in [0.29, 0.717) is 5.75 Å². The van der Waals surface area contributed by atoms with E-state index in [2.05, 4.69) is 70.1 Å². The van der Waals surface area contributed by atoms with Crippen molar-refractivity contribution in [3.63, 3.8) is 0 Å². The van der Waals surface area contributed by atoms with Gasteiger partial charge in [0.1, 0.15) is 5.75 Å². The van der Waals surface area contributed by atoms with Gasteiger partial charge in [-0.15, -0.1) is 12.6 Å². The highest BCUT2D eigenvalue weighted by atomic mass is 32.1. The Balaban J connectivity index is 2.01. The first kappa shape index (κ1) is 21.0. The van der Waals surface area contributed by atoms with Crippen molar-refractivity contribution in [2.75, 3.05) is 14.1 Å². The maximum atomic E-state index is 11.0. The van der Waals surface area contributed by atoms with Crippen LogP contribution < -0.4 is 10.4 Å². The second-order valence-corrected chi connectivity index (χ2v) is 9.96. The summed E-state index contributed by atoms with van der Waals surface area (Å²) in [5.74, 6) is 0.306. The van der Waals surface area contributed by atoms with Crippen LogP contribution in [0.25, 0.3) is 34.1 Å². The highest BCUT2D eigenvalue weighted by molar-refractivity contribution is 7.80. The summed E-state index contributed by atoms with van der Waals surface area (Å²) in [6.45, 7) is 7.01. The number of hydrogen-bond acceptors (Lipinski definition) is 3. The summed E-state index contributed by atoms with van der Waals surface area (Å²) >= 11 is 4.79. The first-order valence-electron chi connectivity index (χ1n) is 10.6. The molecule has 1 unspecified atom stereocenters. The molecule has 0 aromatic heterocycles. The number of rotatable bonds is 3. The van der Waals surface area contributed by atoms with Gasteiger partial charge in [-0.2, -0.15) is 0 Å². The molecule has 0 amide bonds. The van der Waals surface area contributed by atoms with E-state index in [0.717, 1.165) is 44.9 Å². The highest BCUT2D eigenvalue weighted by Gasteiger charge is 2.41. The second-order valence-electron chi connectivity index (χ2n) is 9.47. The molecule has 0 bridgehead atoms. The maximum Gasteiger partial charge on any atom is 0.124 e. The summed E-state index contributed by atoms with van der Waals surface area (Å²) in [7, 11) is 4.31. The summed E-state index contributed by atoms with van der Waals surface area (Å²) < 4.78 is 0. The minimum atomic E-state index is 0.0262. The minimum Gasteiger partial charge on any atom is -0.507 e. The molecule has 3 aromatic carbocycles. The third-order valence-electron chi connectivity index (χ3n) is 7.54. The van der Waals surface area contributed by atoms with Crippen LogP contribution in [0.5, 0.6) is 5.75 Å². The van der Waals surface area contributed by atoms with Crippen molar-refractivity contribution in [1.82, 2.24) is 4.90 Å². The predicted octanol–water partition coefficient (Wildman–Crippen LogP) is 5.20. The molecule has 1 atom stereocenters. The Labute approximate surface area is 185 Å². The fourth-order valence-corrected chi connectivity index (χ4v) is 4.90. The molecule has 156 valence electrons. The molecule has 1 N–H and O–H groups in total. The average Bonchev–Trinajstić information content (AvgIpc) is 2.89. The van der Waals surface area contributed by atoms with Crippen LogP contribution in [0.3, 0.4) is 0 Å². The third-order valence-corrected chi connectivity index (χ3v) is 7.91. The standard InChI is InChI=1S/C27H31NOS/c1-26(2,28(4)5)27(3)16-14-19-10-12-22(29)24(21(19)15-17-27)25-20-9-7-6-8-18(20)11-13-23(25)30/h6-15,29-30H,16-17H2,1-5H3. The molecule has 1 aliphatic rings. The Morgan fingerprint density at radius 1 is 0.933 bits per heavy atom. The number of nitrogens with zero attached hydrogens (tertiary/aromatic N) is 1. The van der Waals surface area contributed by atoms with Gasteiger partial charge in [0.25, 0.3) is 0 Å². The summed E-state index contributed by atoms with van der Waals surface area (Å²) in [6.07, 6.45) is 6.59. The monoisotopic (exact) mass is 417 g/mol. The zero-order valence-electron chi connectivity index (χ0n) is 18.5. The van der Waals surface area contributed by atoms with Gasteiger partial charge in [0.05, 0.1) is 0 Å². The zero-order valence-corrected chi connectivity index (χ0v) is 19.4. The lowest BCUT2D eigenvalue weighted by Gasteiger charge is -2.48. The number of aromatic hydroxyl groups is 1. The van der Waals surface area contributed by atoms with Crippen LogP contribution in [0.1, 0.15) is 33.6 Å². The van der Waals surface area contributed by atoms with E-state index in [1.807, 2.05) is 30.3 Å². The van der Waals surface area contributed by atoms with Gasteiger partial charge in [-0.1, -0.05) is 55.5 Å². The molecule has 0 spiro atoms. The number of phenols is 1. The molecule has 0 saturated heterocycles. The Bertz CT molecular complexity index is 1240. The fraction of sp³-hybridized carbons (Fsp3) is 0.333. The van der Waals surface area contributed by atoms with Gasteiger partial charge in [0.2, 0.25) is 0 Å².